The lowest BCUT2D eigenvalue weighted by atomic mass is 10.0. The largest absolute Gasteiger partial charge is 0.309 e. The molecule has 0 aliphatic rings. The maximum absolute atomic E-state index is 5.11. The van der Waals surface area contributed by atoms with E-state index in [1.54, 1.807) is 0 Å². The molecule has 7 aromatic carbocycles. The molecule has 4 nitrogen and oxygen atoms in total. The monoisotopic (exact) mass is 656 g/mol. The number of thiophene rings is 1. The lowest BCUT2D eigenvalue weighted by Crippen LogP contribution is -2.00. The number of fused-ring (bicyclic) bond motifs is 6. The van der Waals surface area contributed by atoms with Crippen molar-refractivity contribution in [1.82, 2.24) is 19.5 Å². The molecule has 0 spiro atoms. The van der Waals surface area contributed by atoms with Crippen molar-refractivity contribution >= 4 is 53.3 Å². The van der Waals surface area contributed by atoms with E-state index in [1.165, 1.54) is 31.3 Å². The SMILES string of the molecule is c1ccc(-c2ccc3sc4ccc(-n5c6ccccc6c6c(-c7nc(-c8ccccc8)nc(-c8ccccc8)n7)cccc65)cc4c3c2)cc1. The molecule has 0 N–H and O–H groups in total. The topological polar surface area (TPSA) is 43.6 Å². The Balaban J connectivity index is 1.20. The molecule has 3 aromatic heterocycles. The number of hydrogen-bond acceptors (Lipinski definition) is 4. The van der Waals surface area contributed by atoms with Crippen LogP contribution in [0.3, 0.4) is 0 Å². The Morgan fingerprint density at radius 3 is 1.64 bits per heavy atom. The molecule has 0 aliphatic carbocycles. The van der Waals surface area contributed by atoms with Gasteiger partial charge in [0.2, 0.25) is 0 Å². The fraction of sp³-hybridized carbons (Fsp3) is 0. The maximum Gasteiger partial charge on any atom is 0.164 e. The highest BCUT2D eigenvalue weighted by molar-refractivity contribution is 7.25. The molecule has 0 bridgehead atoms. The molecule has 0 fully saturated rings. The van der Waals surface area contributed by atoms with Crippen LogP contribution in [0.15, 0.2) is 170 Å². The Labute approximate surface area is 292 Å². The first-order valence-electron chi connectivity index (χ1n) is 16.7. The summed E-state index contributed by atoms with van der Waals surface area (Å²) in [7, 11) is 0. The van der Waals surface area contributed by atoms with E-state index in [1.807, 2.05) is 72.0 Å². The summed E-state index contributed by atoms with van der Waals surface area (Å²) in [5.41, 5.74) is 8.70. The Morgan fingerprint density at radius 1 is 0.380 bits per heavy atom. The second kappa shape index (κ2) is 11.6. The quantitative estimate of drug-likeness (QED) is 0.185. The van der Waals surface area contributed by atoms with Crippen LogP contribution in [0.4, 0.5) is 0 Å². The Morgan fingerprint density at radius 2 is 0.940 bits per heavy atom. The third-order valence-electron chi connectivity index (χ3n) is 9.46. The van der Waals surface area contributed by atoms with E-state index in [0.717, 1.165) is 44.2 Å². The first kappa shape index (κ1) is 28.6. The minimum absolute atomic E-state index is 0.652. The van der Waals surface area contributed by atoms with Gasteiger partial charge >= 0.3 is 0 Å². The van der Waals surface area contributed by atoms with Gasteiger partial charge in [0, 0.05) is 53.3 Å². The molecular formula is C45H28N4S. The van der Waals surface area contributed by atoms with Gasteiger partial charge in [0.05, 0.1) is 11.0 Å². The lowest BCUT2D eigenvalue weighted by molar-refractivity contribution is 1.08. The molecule has 3 heterocycles. The van der Waals surface area contributed by atoms with E-state index >= 15 is 0 Å². The highest BCUT2D eigenvalue weighted by Gasteiger charge is 2.20. The molecule has 0 aliphatic heterocycles. The molecular weight excluding hydrogens is 629 g/mol. The van der Waals surface area contributed by atoms with Gasteiger partial charge in [-0.1, -0.05) is 127 Å². The van der Waals surface area contributed by atoms with Crippen LogP contribution < -0.4 is 0 Å². The lowest BCUT2D eigenvalue weighted by Gasteiger charge is -2.11. The van der Waals surface area contributed by atoms with Crippen molar-refractivity contribution in [2.24, 2.45) is 0 Å². The zero-order chi connectivity index (χ0) is 33.0. The second-order valence-corrected chi connectivity index (χ2v) is 13.5. The number of rotatable bonds is 5. The average Bonchev–Trinajstić information content (AvgIpc) is 3.74. The van der Waals surface area contributed by atoms with Gasteiger partial charge in [0.1, 0.15) is 0 Å². The van der Waals surface area contributed by atoms with Crippen LogP contribution in [-0.4, -0.2) is 19.5 Å². The van der Waals surface area contributed by atoms with Crippen LogP contribution >= 0.6 is 11.3 Å². The van der Waals surface area contributed by atoms with Crippen molar-refractivity contribution in [3.8, 4) is 51.0 Å². The van der Waals surface area contributed by atoms with Crippen LogP contribution in [0, 0.1) is 0 Å². The molecule has 0 radical (unpaired) electrons. The Kier molecular flexibility index (Phi) is 6.64. The van der Waals surface area contributed by atoms with Crippen molar-refractivity contribution in [2.45, 2.75) is 0 Å². The summed E-state index contributed by atoms with van der Waals surface area (Å²) < 4.78 is 4.96. The van der Waals surface area contributed by atoms with E-state index < -0.39 is 0 Å². The minimum Gasteiger partial charge on any atom is -0.309 e. The fourth-order valence-electron chi connectivity index (χ4n) is 7.13. The van der Waals surface area contributed by atoms with Crippen molar-refractivity contribution in [1.29, 1.82) is 0 Å². The predicted octanol–water partition coefficient (Wildman–Crippen LogP) is 12.0. The van der Waals surface area contributed by atoms with Gasteiger partial charge in [-0.3, -0.25) is 0 Å². The minimum atomic E-state index is 0.652. The molecule has 0 atom stereocenters. The Bertz CT molecular complexity index is 2800. The molecule has 0 unspecified atom stereocenters. The van der Waals surface area contributed by atoms with Gasteiger partial charge < -0.3 is 4.57 Å². The number of benzene rings is 7. The van der Waals surface area contributed by atoms with Crippen molar-refractivity contribution < 1.29 is 0 Å². The third kappa shape index (κ3) is 4.71. The molecule has 0 saturated carbocycles. The zero-order valence-corrected chi connectivity index (χ0v) is 27.7. The van der Waals surface area contributed by atoms with E-state index in [9.17, 15) is 0 Å². The van der Waals surface area contributed by atoms with E-state index in [4.69, 9.17) is 15.0 Å². The molecule has 10 rings (SSSR count). The summed E-state index contributed by atoms with van der Waals surface area (Å²) in [6, 6.07) is 59.7. The summed E-state index contributed by atoms with van der Waals surface area (Å²) in [5.74, 6) is 1.96. The standard InChI is InChI=1S/C45H28N4S/c1-4-13-29(14-5-1)32-23-25-40-36(27-32)37-28-33(24-26-41(37)50-40)49-38-21-11-10-19-34(38)42-35(20-12-22-39(42)49)45-47-43(30-15-6-2-7-16-30)46-44(48-45)31-17-8-3-9-18-31/h1-28H. The molecule has 50 heavy (non-hydrogen) atoms. The van der Waals surface area contributed by atoms with Crippen LogP contribution in [0.2, 0.25) is 0 Å². The van der Waals surface area contributed by atoms with E-state index in [-0.39, 0.29) is 0 Å². The molecule has 234 valence electrons. The summed E-state index contributed by atoms with van der Waals surface area (Å²) >= 11 is 1.85. The molecule has 0 saturated heterocycles. The van der Waals surface area contributed by atoms with Gasteiger partial charge in [-0.15, -0.1) is 11.3 Å². The van der Waals surface area contributed by atoms with Gasteiger partial charge in [-0.05, 0) is 53.6 Å². The second-order valence-electron chi connectivity index (χ2n) is 12.5. The Hall–Kier alpha value is -6.43. The van der Waals surface area contributed by atoms with Gasteiger partial charge in [0.25, 0.3) is 0 Å². The molecule has 0 amide bonds. The summed E-state index contributed by atoms with van der Waals surface area (Å²) in [6.45, 7) is 0. The van der Waals surface area contributed by atoms with E-state index in [2.05, 4.69) is 114 Å². The first-order chi connectivity index (χ1) is 24.8. The van der Waals surface area contributed by atoms with Crippen LogP contribution in [-0.2, 0) is 0 Å². The number of para-hydroxylation sites is 1. The smallest absolute Gasteiger partial charge is 0.164 e. The van der Waals surface area contributed by atoms with Crippen LogP contribution in [0.1, 0.15) is 0 Å². The van der Waals surface area contributed by atoms with Gasteiger partial charge in [-0.2, -0.15) is 0 Å². The average molecular weight is 657 g/mol. The van der Waals surface area contributed by atoms with Crippen LogP contribution in [0.5, 0.6) is 0 Å². The van der Waals surface area contributed by atoms with Crippen molar-refractivity contribution in [3.05, 3.63) is 170 Å². The molecule has 10 aromatic rings. The summed E-state index contributed by atoms with van der Waals surface area (Å²) in [4.78, 5) is 15.2. The number of hydrogen-bond donors (Lipinski definition) is 0. The first-order valence-corrected chi connectivity index (χ1v) is 17.5. The zero-order valence-electron chi connectivity index (χ0n) is 26.9. The van der Waals surface area contributed by atoms with Crippen molar-refractivity contribution in [2.75, 3.05) is 0 Å². The van der Waals surface area contributed by atoms with Gasteiger partial charge in [0.15, 0.2) is 17.5 Å². The number of aromatic nitrogens is 4. The molecule has 5 heteroatoms. The van der Waals surface area contributed by atoms with Crippen LogP contribution in [0.25, 0.3) is 93.0 Å². The third-order valence-corrected chi connectivity index (χ3v) is 10.6. The van der Waals surface area contributed by atoms with E-state index in [0.29, 0.717) is 17.5 Å². The summed E-state index contributed by atoms with van der Waals surface area (Å²) in [5, 5.41) is 4.82. The number of nitrogens with zero attached hydrogens (tertiary/aromatic N) is 4. The highest BCUT2D eigenvalue weighted by atomic mass is 32.1. The fourth-order valence-corrected chi connectivity index (χ4v) is 8.19. The predicted molar refractivity (Wildman–Crippen MR) is 209 cm³/mol. The summed E-state index contributed by atoms with van der Waals surface area (Å²) in [6.07, 6.45) is 0. The highest BCUT2D eigenvalue weighted by Crippen LogP contribution is 2.41. The van der Waals surface area contributed by atoms with Gasteiger partial charge in [-0.25, -0.2) is 15.0 Å². The maximum atomic E-state index is 5.11. The van der Waals surface area contributed by atoms with Crippen molar-refractivity contribution in [3.63, 3.8) is 0 Å². The normalized spacial score (nSPS) is 11.6.